The Morgan fingerprint density at radius 3 is 2.28 bits per heavy atom. The van der Waals surface area contributed by atoms with Gasteiger partial charge in [0.25, 0.3) is 11.7 Å². The lowest BCUT2D eigenvalue weighted by atomic mass is 9.95. The van der Waals surface area contributed by atoms with Gasteiger partial charge >= 0.3 is 5.97 Å². The Morgan fingerprint density at radius 2 is 1.67 bits per heavy atom. The summed E-state index contributed by atoms with van der Waals surface area (Å²) < 4.78 is 10.6. The number of esters is 1. The maximum atomic E-state index is 13.3. The average molecular weight is 506 g/mol. The van der Waals surface area contributed by atoms with Crippen molar-refractivity contribution in [2.45, 2.75) is 26.0 Å². The molecule has 1 unspecified atom stereocenters. The Hall–Kier alpha value is -4.10. The summed E-state index contributed by atoms with van der Waals surface area (Å²) in [4.78, 5) is 40.2. The minimum atomic E-state index is -0.927. The van der Waals surface area contributed by atoms with E-state index < -0.39 is 29.5 Å². The highest BCUT2D eigenvalue weighted by Crippen LogP contribution is 2.43. The predicted molar refractivity (Wildman–Crippen MR) is 136 cm³/mol. The number of ether oxygens (including phenoxy) is 2. The molecule has 1 amide bonds. The average Bonchev–Trinajstić information content (AvgIpc) is 3.14. The van der Waals surface area contributed by atoms with Gasteiger partial charge in [0.15, 0.2) is 0 Å². The third-order valence-electron chi connectivity index (χ3n) is 5.70. The molecule has 1 fully saturated rings. The number of benzene rings is 3. The maximum absolute atomic E-state index is 13.3. The smallest absolute Gasteiger partial charge is 0.338 e. The molecule has 1 atom stereocenters. The quantitative estimate of drug-likeness (QED) is 0.204. The second-order valence-electron chi connectivity index (χ2n) is 8.43. The van der Waals surface area contributed by atoms with Crippen molar-refractivity contribution in [1.29, 1.82) is 0 Å². The molecule has 0 saturated carbocycles. The van der Waals surface area contributed by atoms with Gasteiger partial charge in [-0.05, 0) is 61.9 Å². The minimum absolute atomic E-state index is 0.102. The number of nitrogens with zero attached hydrogens (tertiary/aromatic N) is 1. The molecule has 0 bridgehead atoms. The molecule has 0 radical (unpaired) electrons. The number of aliphatic hydroxyl groups is 1. The van der Waals surface area contributed by atoms with Crippen LogP contribution in [-0.4, -0.2) is 36.0 Å². The lowest BCUT2D eigenvalue weighted by Gasteiger charge is -2.25. The lowest BCUT2D eigenvalue weighted by molar-refractivity contribution is -0.132. The van der Waals surface area contributed by atoms with Crippen molar-refractivity contribution in [2.75, 3.05) is 12.0 Å². The topological polar surface area (TPSA) is 93.1 Å². The number of carbonyl (C=O) groups excluding carboxylic acids is 3. The fraction of sp³-hybridized carbons (Fsp3) is 0.179. The Morgan fingerprint density at radius 1 is 1.00 bits per heavy atom. The summed E-state index contributed by atoms with van der Waals surface area (Å²) in [7, 11) is 1.43. The number of halogens is 1. The second kappa shape index (κ2) is 10.3. The second-order valence-corrected chi connectivity index (χ2v) is 8.86. The first-order valence-corrected chi connectivity index (χ1v) is 11.6. The third-order valence-corrected chi connectivity index (χ3v) is 5.94. The molecule has 0 aromatic heterocycles. The highest BCUT2D eigenvalue weighted by Gasteiger charge is 2.47. The zero-order valence-corrected chi connectivity index (χ0v) is 20.7. The van der Waals surface area contributed by atoms with Gasteiger partial charge < -0.3 is 14.6 Å². The standard InChI is InChI=1S/C28H24ClNO6/c1-16(2)36-28(34)18-9-12-20(13-10-18)30-24(17-7-5-4-6-8-17)23(26(32)27(30)33)25(31)21-15-19(29)11-14-22(21)35-3/h4-16,24,31H,1-3H3/b25-23+. The molecular formula is C28H24ClNO6. The van der Waals surface area contributed by atoms with Crippen molar-refractivity contribution in [3.63, 3.8) is 0 Å². The molecule has 1 aliphatic heterocycles. The Labute approximate surface area is 213 Å². The zero-order valence-electron chi connectivity index (χ0n) is 19.9. The number of methoxy groups -OCH3 is 1. The van der Waals surface area contributed by atoms with E-state index in [2.05, 4.69) is 0 Å². The molecule has 0 spiro atoms. The Balaban J connectivity index is 1.86. The third kappa shape index (κ3) is 4.70. The van der Waals surface area contributed by atoms with Crippen LogP contribution in [0.15, 0.2) is 78.4 Å². The normalized spacial score (nSPS) is 16.9. The van der Waals surface area contributed by atoms with Crippen LogP contribution in [0, 0.1) is 0 Å². The van der Waals surface area contributed by atoms with Gasteiger partial charge in [-0.1, -0.05) is 41.9 Å². The molecule has 8 heteroatoms. The SMILES string of the molecule is COc1ccc(Cl)cc1/C(O)=C1\C(=O)C(=O)N(c2ccc(C(=O)OC(C)C)cc2)C1c1ccccc1. The van der Waals surface area contributed by atoms with Gasteiger partial charge in [-0.25, -0.2) is 4.79 Å². The first kappa shape index (κ1) is 25.0. The molecular weight excluding hydrogens is 482 g/mol. The Kier molecular flexibility index (Phi) is 7.12. The highest BCUT2D eigenvalue weighted by molar-refractivity contribution is 6.51. The van der Waals surface area contributed by atoms with Crippen molar-refractivity contribution >= 4 is 40.7 Å². The van der Waals surface area contributed by atoms with E-state index in [0.29, 0.717) is 27.6 Å². The van der Waals surface area contributed by atoms with Crippen LogP contribution in [0.5, 0.6) is 5.75 Å². The highest BCUT2D eigenvalue weighted by atomic mass is 35.5. The van der Waals surface area contributed by atoms with E-state index in [4.69, 9.17) is 21.1 Å². The molecule has 1 heterocycles. The summed E-state index contributed by atoms with van der Waals surface area (Å²) >= 11 is 6.15. The minimum Gasteiger partial charge on any atom is -0.507 e. The van der Waals surface area contributed by atoms with E-state index in [1.807, 2.05) is 6.07 Å². The number of hydrogen-bond acceptors (Lipinski definition) is 6. The van der Waals surface area contributed by atoms with Crippen LogP contribution in [0.3, 0.4) is 0 Å². The molecule has 1 N–H and O–H groups in total. The van der Waals surface area contributed by atoms with Crippen LogP contribution >= 0.6 is 11.6 Å². The van der Waals surface area contributed by atoms with E-state index >= 15 is 0 Å². The monoisotopic (exact) mass is 505 g/mol. The number of carbonyl (C=O) groups is 3. The fourth-order valence-electron chi connectivity index (χ4n) is 4.10. The van der Waals surface area contributed by atoms with Gasteiger partial charge in [0, 0.05) is 10.7 Å². The molecule has 1 aliphatic rings. The van der Waals surface area contributed by atoms with Crippen molar-refractivity contribution in [1.82, 2.24) is 0 Å². The van der Waals surface area contributed by atoms with Gasteiger partial charge in [0.2, 0.25) is 0 Å². The first-order chi connectivity index (χ1) is 17.2. The number of aliphatic hydroxyl groups excluding tert-OH is 1. The first-order valence-electron chi connectivity index (χ1n) is 11.2. The van der Waals surface area contributed by atoms with Crippen LogP contribution in [0.25, 0.3) is 5.76 Å². The Bertz CT molecular complexity index is 1350. The van der Waals surface area contributed by atoms with Gasteiger partial charge in [-0.15, -0.1) is 0 Å². The number of anilines is 1. The van der Waals surface area contributed by atoms with Crippen LogP contribution in [0.1, 0.15) is 41.4 Å². The summed E-state index contributed by atoms with van der Waals surface area (Å²) in [5.74, 6) is -2.27. The molecule has 3 aromatic carbocycles. The van der Waals surface area contributed by atoms with Crippen molar-refractivity contribution in [3.8, 4) is 5.75 Å². The summed E-state index contributed by atoms with van der Waals surface area (Å²) in [5, 5.41) is 11.6. The largest absolute Gasteiger partial charge is 0.507 e. The fourth-order valence-corrected chi connectivity index (χ4v) is 4.27. The van der Waals surface area contributed by atoms with Crippen LogP contribution < -0.4 is 9.64 Å². The van der Waals surface area contributed by atoms with Crippen molar-refractivity contribution in [2.24, 2.45) is 0 Å². The number of rotatable bonds is 6. The predicted octanol–water partition coefficient (Wildman–Crippen LogP) is 5.54. The molecule has 0 aliphatic carbocycles. The van der Waals surface area contributed by atoms with Crippen LogP contribution in [0.4, 0.5) is 5.69 Å². The van der Waals surface area contributed by atoms with Gasteiger partial charge in [0.05, 0.1) is 36.0 Å². The van der Waals surface area contributed by atoms with E-state index in [1.165, 1.54) is 30.2 Å². The number of hydrogen-bond donors (Lipinski definition) is 1. The number of ketones is 1. The lowest BCUT2D eigenvalue weighted by Crippen LogP contribution is -2.29. The molecule has 4 rings (SSSR count). The molecule has 184 valence electrons. The number of amides is 1. The van der Waals surface area contributed by atoms with E-state index in [9.17, 15) is 19.5 Å². The van der Waals surface area contributed by atoms with Crippen LogP contribution in [0.2, 0.25) is 5.02 Å². The molecule has 1 saturated heterocycles. The zero-order chi connectivity index (χ0) is 26.0. The molecule has 3 aromatic rings. The summed E-state index contributed by atoms with van der Waals surface area (Å²) in [6, 6.07) is 18.8. The van der Waals surface area contributed by atoms with E-state index in [1.54, 1.807) is 62.4 Å². The van der Waals surface area contributed by atoms with Gasteiger partial charge in [0.1, 0.15) is 11.5 Å². The summed E-state index contributed by atoms with van der Waals surface area (Å²) in [6.07, 6.45) is -0.281. The maximum Gasteiger partial charge on any atom is 0.338 e. The van der Waals surface area contributed by atoms with Gasteiger partial charge in [-0.3, -0.25) is 14.5 Å². The number of Topliss-reactive ketones (excluding diaryl/α,β-unsaturated/α-hetero) is 1. The van der Waals surface area contributed by atoms with Crippen molar-refractivity contribution in [3.05, 3.63) is 100 Å². The van der Waals surface area contributed by atoms with Gasteiger partial charge in [-0.2, -0.15) is 0 Å². The molecule has 7 nitrogen and oxygen atoms in total. The molecule has 36 heavy (non-hydrogen) atoms. The van der Waals surface area contributed by atoms with Crippen LogP contribution in [-0.2, 0) is 14.3 Å². The van der Waals surface area contributed by atoms with E-state index in [0.717, 1.165) is 0 Å². The summed E-state index contributed by atoms with van der Waals surface area (Å²) in [6.45, 7) is 3.50. The van der Waals surface area contributed by atoms with E-state index in [-0.39, 0.29) is 17.2 Å². The summed E-state index contributed by atoms with van der Waals surface area (Å²) in [5.41, 5.74) is 1.39. The van der Waals surface area contributed by atoms with Crippen molar-refractivity contribution < 1.29 is 29.0 Å².